The monoisotopic (exact) mass is 390 g/mol. The van der Waals surface area contributed by atoms with Gasteiger partial charge in [0.2, 0.25) is 5.91 Å². The highest BCUT2D eigenvalue weighted by molar-refractivity contribution is 5.93. The molecule has 0 aromatic heterocycles. The lowest BCUT2D eigenvalue weighted by Crippen LogP contribution is -2.20. The number of hydrogen-bond donors (Lipinski definition) is 2. The van der Waals surface area contributed by atoms with E-state index < -0.39 is 0 Å². The van der Waals surface area contributed by atoms with Crippen LogP contribution in [0.5, 0.6) is 11.5 Å². The molecule has 3 aromatic rings. The Morgan fingerprint density at radius 1 is 0.724 bits per heavy atom. The van der Waals surface area contributed by atoms with Crippen LogP contribution in [0.25, 0.3) is 0 Å². The van der Waals surface area contributed by atoms with Gasteiger partial charge in [0.1, 0.15) is 18.1 Å². The van der Waals surface area contributed by atoms with Crippen molar-refractivity contribution >= 4 is 23.2 Å². The van der Waals surface area contributed by atoms with Gasteiger partial charge in [-0.15, -0.1) is 0 Å². The van der Waals surface area contributed by atoms with Crippen LogP contribution in [0, 0.1) is 0 Å². The molecule has 2 N–H and O–H groups in total. The number of anilines is 2. The maximum Gasteiger partial charge on any atom is 0.262 e. The molecule has 0 fully saturated rings. The van der Waals surface area contributed by atoms with E-state index in [1.807, 2.05) is 30.3 Å². The first-order valence-corrected chi connectivity index (χ1v) is 9.15. The smallest absolute Gasteiger partial charge is 0.262 e. The molecular weight excluding hydrogens is 368 g/mol. The minimum absolute atomic E-state index is 0.113. The predicted octanol–water partition coefficient (Wildman–Crippen LogP) is 4.24. The van der Waals surface area contributed by atoms with Crippen LogP contribution < -0.4 is 20.1 Å². The number of carbonyl (C=O) groups is 2. The zero-order valence-corrected chi connectivity index (χ0v) is 16.1. The van der Waals surface area contributed by atoms with Gasteiger partial charge < -0.3 is 20.1 Å². The van der Waals surface area contributed by atoms with Gasteiger partial charge in [0.05, 0.1) is 0 Å². The van der Waals surface area contributed by atoms with Gasteiger partial charge in [-0.25, -0.2) is 0 Å². The second-order valence-electron chi connectivity index (χ2n) is 6.34. The van der Waals surface area contributed by atoms with E-state index in [1.54, 1.807) is 48.5 Å². The lowest BCUT2D eigenvalue weighted by atomic mass is 10.2. The molecule has 0 bridgehead atoms. The molecule has 0 aliphatic carbocycles. The highest BCUT2D eigenvalue weighted by atomic mass is 16.5. The summed E-state index contributed by atoms with van der Waals surface area (Å²) in [7, 11) is 0. The Hall–Kier alpha value is -3.80. The Labute approximate surface area is 169 Å². The fourth-order valence-electron chi connectivity index (χ4n) is 2.56. The quantitative estimate of drug-likeness (QED) is 0.603. The van der Waals surface area contributed by atoms with Crippen molar-refractivity contribution in [1.29, 1.82) is 0 Å². The van der Waals surface area contributed by atoms with Crippen LogP contribution in [0.4, 0.5) is 11.4 Å². The van der Waals surface area contributed by atoms with Gasteiger partial charge in [0.15, 0.2) is 6.61 Å². The Kier molecular flexibility index (Phi) is 6.84. The first-order chi connectivity index (χ1) is 14.1. The SMILES string of the molecule is CC(=O)Nc1ccc(NC(=O)COc2ccc(OCc3ccccc3)cc2)cc1. The number of rotatable bonds is 8. The number of ether oxygens (including phenoxy) is 2. The molecule has 2 amide bonds. The lowest BCUT2D eigenvalue weighted by molar-refractivity contribution is -0.118. The van der Waals surface area contributed by atoms with Crippen LogP contribution in [0.1, 0.15) is 12.5 Å². The second kappa shape index (κ2) is 9.94. The maximum atomic E-state index is 12.0. The van der Waals surface area contributed by atoms with Crippen LogP contribution in [0.3, 0.4) is 0 Å². The summed E-state index contributed by atoms with van der Waals surface area (Å²) in [6, 6.07) is 23.9. The molecule has 0 radical (unpaired) electrons. The average Bonchev–Trinajstić information content (AvgIpc) is 2.73. The fraction of sp³-hybridized carbons (Fsp3) is 0.130. The number of amides is 2. The molecule has 0 atom stereocenters. The molecule has 0 aliphatic rings. The van der Waals surface area contributed by atoms with E-state index in [0.717, 1.165) is 11.3 Å². The number of hydrogen-bond acceptors (Lipinski definition) is 4. The van der Waals surface area contributed by atoms with Crippen LogP contribution in [0.15, 0.2) is 78.9 Å². The third-order valence-electron chi connectivity index (χ3n) is 3.93. The Bertz CT molecular complexity index is 939. The topological polar surface area (TPSA) is 76.7 Å². The molecular formula is C23H22N2O4. The van der Waals surface area contributed by atoms with Gasteiger partial charge in [0, 0.05) is 18.3 Å². The van der Waals surface area contributed by atoms with E-state index in [0.29, 0.717) is 23.7 Å². The molecule has 6 nitrogen and oxygen atoms in total. The highest BCUT2D eigenvalue weighted by Crippen LogP contribution is 2.19. The molecule has 0 unspecified atom stereocenters. The molecule has 0 saturated heterocycles. The van der Waals surface area contributed by atoms with E-state index in [1.165, 1.54) is 6.92 Å². The van der Waals surface area contributed by atoms with E-state index >= 15 is 0 Å². The van der Waals surface area contributed by atoms with Crippen LogP contribution in [0.2, 0.25) is 0 Å². The van der Waals surface area contributed by atoms with E-state index in [-0.39, 0.29) is 18.4 Å². The molecule has 0 heterocycles. The molecule has 0 spiro atoms. The molecule has 3 aromatic carbocycles. The second-order valence-corrected chi connectivity index (χ2v) is 6.34. The van der Waals surface area contributed by atoms with Crippen molar-refractivity contribution in [2.24, 2.45) is 0 Å². The van der Waals surface area contributed by atoms with E-state index in [4.69, 9.17) is 9.47 Å². The van der Waals surface area contributed by atoms with Gasteiger partial charge >= 0.3 is 0 Å². The predicted molar refractivity (Wildman–Crippen MR) is 112 cm³/mol. The summed E-state index contributed by atoms with van der Waals surface area (Å²) in [5.41, 5.74) is 2.38. The van der Waals surface area contributed by atoms with Crippen LogP contribution >= 0.6 is 0 Å². The number of benzene rings is 3. The summed E-state index contributed by atoms with van der Waals surface area (Å²) >= 11 is 0. The zero-order chi connectivity index (χ0) is 20.5. The van der Waals surface area contributed by atoms with Gasteiger partial charge in [-0.3, -0.25) is 9.59 Å². The fourth-order valence-corrected chi connectivity index (χ4v) is 2.56. The largest absolute Gasteiger partial charge is 0.489 e. The third kappa shape index (κ3) is 6.70. The minimum atomic E-state index is -0.276. The first kappa shape index (κ1) is 19.9. The van der Waals surface area contributed by atoms with Gasteiger partial charge in [0.25, 0.3) is 5.91 Å². The summed E-state index contributed by atoms with van der Waals surface area (Å²) in [6.45, 7) is 1.82. The summed E-state index contributed by atoms with van der Waals surface area (Å²) < 4.78 is 11.2. The molecule has 29 heavy (non-hydrogen) atoms. The van der Waals surface area contributed by atoms with Crippen molar-refractivity contribution in [2.75, 3.05) is 17.2 Å². The summed E-state index contributed by atoms with van der Waals surface area (Å²) in [5, 5.41) is 5.41. The van der Waals surface area contributed by atoms with Gasteiger partial charge in [-0.1, -0.05) is 30.3 Å². The van der Waals surface area contributed by atoms with Crippen molar-refractivity contribution in [3.8, 4) is 11.5 Å². The summed E-state index contributed by atoms with van der Waals surface area (Å²) in [5.74, 6) is 0.881. The van der Waals surface area contributed by atoms with Crippen molar-refractivity contribution in [1.82, 2.24) is 0 Å². The Morgan fingerprint density at radius 2 is 1.28 bits per heavy atom. The maximum absolute atomic E-state index is 12.0. The van der Waals surface area contributed by atoms with Crippen LogP contribution in [-0.4, -0.2) is 18.4 Å². The minimum Gasteiger partial charge on any atom is -0.489 e. The molecule has 148 valence electrons. The van der Waals surface area contributed by atoms with Crippen LogP contribution in [-0.2, 0) is 16.2 Å². The number of nitrogens with one attached hydrogen (secondary N) is 2. The summed E-state index contributed by atoms with van der Waals surface area (Å²) in [4.78, 5) is 23.1. The molecule has 0 aliphatic heterocycles. The van der Waals surface area contributed by atoms with Gasteiger partial charge in [-0.05, 0) is 54.1 Å². The van der Waals surface area contributed by atoms with Crippen molar-refractivity contribution < 1.29 is 19.1 Å². The highest BCUT2D eigenvalue weighted by Gasteiger charge is 2.05. The standard InChI is InChI=1S/C23H22N2O4/c1-17(26)24-19-7-9-20(10-8-19)25-23(27)16-29-22-13-11-21(12-14-22)28-15-18-5-3-2-4-6-18/h2-14H,15-16H2,1H3,(H,24,26)(H,25,27). The third-order valence-corrected chi connectivity index (χ3v) is 3.93. The Morgan fingerprint density at radius 3 is 1.86 bits per heavy atom. The van der Waals surface area contributed by atoms with Crippen molar-refractivity contribution in [3.05, 3.63) is 84.4 Å². The van der Waals surface area contributed by atoms with E-state index in [9.17, 15) is 9.59 Å². The normalized spacial score (nSPS) is 10.1. The summed E-state index contributed by atoms with van der Waals surface area (Å²) in [6.07, 6.45) is 0. The number of carbonyl (C=O) groups excluding carboxylic acids is 2. The molecule has 6 heteroatoms. The Balaban J connectivity index is 1.43. The van der Waals surface area contributed by atoms with Crippen molar-refractivity contribution in [2.45, 2.75) is 13.5 Å². The van der Waals surface area contributed by atoms with Gasteiger partial charge in [-0.2, -0.15) is 0 Å². The molecule has 0 saturated carbocycles. The zero-order valence-electron chi connectivity index (χ0n) is 16.1. The first-order valence-electron chi connectivity index (χ1n) is 9.15. The average molecular weight is 390 g/mol. The molecule has 3 rings (SSSR count). The van der Waals surface area contributed by atoms with Crippen molar-refractivity contribution in [3.63, 3.8) is 0 Å². The van der Waals surface area contributed by atoms with E-state index in [2.05, 4.69) is 10.6 Å². The lowest BCUT2D eigenvalue weighted by Gasteiger charge is -2.10.